The maximum atomic E-state index is 13.5. The third-order valence-electron chi connectivity index (χ3n) is 3.05. The summed E-state index contributed by atoms with van der Waals surface area (Å²) in [6, 6.07) is 10.3. The molecule has 2 nitrogen and oxygen atoms in total. The average molecular weight is 294 g/mol. The second-order valence-corrected chi connectivity index (χ2v) is 4.90. The van der Waals surface area contributed by atoms with E-state index < -0.39 is 0 Å². The van der Waals surface area contributed by atoms with E-state index in [2.05, 4.69) is 5.32 Å². The fraction of sp³-hybridized carbons (Fsp3) is 0.250. The lowest BCUT2D eigenvalue weighted by molar-refractivity contribution is 0.414. The summed E-state index contributed by atoms with van der Waals surface area (Å²) < 4.78 is 18.8. The van der Waals surface area contributed by atoms with Gasteiger partial charge in [-0.25, -0.2) is 4.39 Å². The molecule has 1 N–H and O–H groups in total. The number of benzene rings is 2. The monoisotopic (exact) mass is 293 g/mol. The van der Waals surface area contributed by atoms with Gasteiger partial charge in [0.25, 0.3) is 0 Å². The zero-order valence-electron chi connectivity index (χ0n) is 11.5. The van der Waals surface area contributed by atoms with Gasteiger partial charge in [-0.05, 0) is 53.6 Å². The lowest BCUT2D eigenvalue weighted by atomic mass is 9.99. The molecule has 0 saturated heterocycles. The highest BCUT2D eigenvalue weighted by molar-refractivity contribution is 6.30. The Labute approximate surface area is 123 Å². The largest absolute Gasteiger partial charge is 0.497 e. The van der Waals surface area contributed by atoms with E-state index in [0.717, 1.165) is 29.0 Å². The molecule has 0 bridgehead atoms. The van der Waals surface area contributed by atoms with Crippen LogP contribution in [0.3, 0.4) is 0 Å². The standard InChI is InChI=1S/C16H17ClFNO/c1-3-19-10-12-8-15(20-2)4-5-16(12)11-6-13(17)9-14(18)7-11/h4-9,19H,3,10H2,1-2H3. The molecule has 0 heterocycles. The van der Waals surface area contributed by atoms with Crippen LogP contribution in [0, 0.1) is 5.82 Å². The van der Waals surface area contributed by atoms with Crippen molar-refractivity contribution in [2.45, 2.75) is 13.5 Å². The van der Waals surface area contributed by atoms with Gasteiger partial charge in [0.15, 0.2) is 0 Å². The summed E-state index contributed by atoms with van der Waals surface area (Å²) in [7, 11) is 1.63. The van der Waals surface area contributed by atoms with E-state index in [4.69, 9.17) is 16.3 Å². The zero-order chi connectivity index (χ0) is 14.5. The van der Waals surface area contributed by atoms with Gasteiger partial charge < -0.3 is 10.1 Å². The molecule has 0 fully saturated rings. The second kappa shape index (κ2) is 6.73. The van der Waals surface area contributed by atoms with Crippen LogP contribution in [-0.2, 0) is 6.54 Å². The molecule has 0 spiro atoms. The number of methoxy groups -OCH3 is 1. The Morgan fingerprint density at radius 3 is 2.65 bits per heavy atom. The van der Waals surface area contributed by atoms with Gasteiger partial charge in [-0.1, -0.05) is 24.6 Å². The van der Waals surface area contributed by atoms with E-state index in [9.17, 15) is 4.39 Å². The molecule has 0 amide bonds. The van der Waals surface area contributed by atoms with Crippen molar-refractivity contribution in [3.05, 3.63) is 52.8 Å². The molecule has 2 rings (SSSR count). The Kier molecular flexibility index (Phi) is 4.99. The fourth-order valence-electron chi connectivity index (χ4n) is 2.09. The molecular weight excluding hydrogens is 277 g/mol. The third-order valence-corrected chi connectivity index (χ3v) is 3.27. The first-order valence-corrected chi connectivity index (χ1v) is 6.86. The van der Waals surface area contributed by atoms with E-state index in [-0.39, 0.29) is 5.82 Å². The number of hydrogen-bond acceptors (Lipinski definition) is 2. The molecule has 2 aromatic carbocycles. The smallest absolute Gasteiger partial charge is 0.125 e. The van der Waals surface area contributed by atoms with Crippen molar-refractivity contribution < 1.29 is 9.13 Å². The van der Waals surface area contributed by atoms with Gasteiger partial charge in [0.05, 0.1) is 7.11 Å². The van der Waals surface area contributed by atoms with E-state index >= 15 is 0 Å². The van der Waals surface area contributed by atoms with Gasteiger partial charge in [0.1, 0.15) is 11.6 Å². The van der Waals surface area contributed by atoms with Gasteiger partial charge in [-0.2, -0.15) is 0 Å². The Morgan fingerprint density at radius 1 is 1.20 bits per heavy atom. The number of ether oxygens (including phenoxy) is 1. The third kappa shape index (κ3) is 3.50. The maximum absolute atomic E-state index is 13.5. The van der Waals surface area contributed by atoms with Crippen LogP contribution in [0.1, 0.15) is 12.5 Å². The van der Waals surface area contributed by atoms with Crippen molar-refractivity contribution in [3.8, 4) is 16.9 Å². The quantitative estimate of drug-likeness (QED) is 0.889. The van der Waals surface area contributed by atoms with Gasteiger partial charge in [-0.15, -0.1) is 0 Å². The van der Waals surface area contributed by atoms with Crippen LogP contribution >= 0.6 is 11.6 Å². The summed E-state index contributed by atoms with van der Waals surface area (Å²) in [6.45, 7) is 3.59. The van der Waals surface area contributed by atoms with Crippen molar-refractivity contribution in [2.24, 2.45) is 0 Å². The van der Waals surface area contributed by atoms with E-state index in [1.807, 2.05) is 25.1 Å². The molecule has 0 aliphatic rings. The first-order valence-electron chi connectivity index (χ1n) is 6.48. The predicted octanol–water partition coefficient (Wildman–Crippen LogP) is 4.26. The molecule has 0 atom stereocenters. The SMILES string of the molecule is CCNCc1cc(OC)ccc1-c1cc(F)cc(Cl)c1. The maximum Gasteiger partial charge on any atom is 0.125 e. The van der Waals surface area contributed by atoms with Crippen molar-refractivity contribution in [1.82, 2.24) is 5.32 Å². The lowest BCUT2D eigenvalue weighted by Crippen LogP contribution is -2.12. The van der Waals surface area contributed by atoms with Crippen LogP contribution in [-0.4, -0.2) is 13.7 Å². The molecule has 106 valence electrons. The van der Waals surface area contributed by atoms with Crippen LogP contribution < -0.4 is 10.1 Å². The van der Waals surface area contributed by atoms with Gasteiger partial charge in [-0.3, -0.25) is 0 Å². The Hall–Kier alpha value is -1.58. The Balaban J connectivity index is 2.48. The summed E-state index contributed by atoms with van der Waals surface area (Å²) in [4.78, 5) is 0. The topological polar surface area (TPSA) is 21.3 Å². The number of nitrogens with one attached hydrogen (secondary N) is 1. The Morgan fingerprint density at radius 2 is 2.00 bits per heavy atom. The van der Waals surface area contributed by atoms with Crippen LogP contribution in [0.5, 0.6) is 5.75 Å². The van der Waals surface area contributed by atoms with Crippen LogP contribution in [0.4, 0.5) is 4.39 Å². The van der Waals surface area contributed by atoms with E-state index in [0.29, 0.717) is 11.6 Å². The van der Waals surface area contributed by atoms with E-state index in [1.54, 1.807) is 13.2 Å². The molecule has 0 aromatic heterocycles. The molecule has 0 saturated carbocycles. The molecule has 20 heavy (non-hydrogen) atoms. The van der Waals surface area contributed by atoms with Crippen molar-refractivity contribution in [3.63, 3.8) is 0 Å². The molecular formula is C16H17ClFNO. The molecule has 0 aliphatic heterocycles. The molecule has 0 unspecified atom stereocenters. The summed E-state index contributed by atoms with van der Waals surface area (Å²) in [6.07, 6.45) is 0. The molecule has 4 heteroatoms. The fourth-order valence-corrected chi connectivity index (χ4v) is 2.32. The minimum Gasteiger partial charge on any atom is -0.497 e. The molecule has 2 aromatic rings. The summed E-state index contributed by atoms with van der Waals surface area (Å²) in [5.74, 6) is 0.446. The predicted molar refractivity (Wildman–Crippen MR) is 80.8 cm³/mol. The lowest BCUT2D eigenvalue weighted by Gasteiger charge is -2.12. The van der Waals surface area contributed by atoms with Crippen LogP contribution in [0.2, 0.25) is 5.02 Å². The van der Waals surface area contributed by atoms with Gasteiger partial charge in [0, 0.05) is 11.6 Å². The molecule has 0 aliphatic carbocycles. The zero-order valence-corrected chi connectivity index (χ0v) is 12.3. The Bertz CT molecular complexity index is 581. The van der Waals surface area contributed by atoms with Crippen molar-refractivity contribution in [1.29, 1.82) is 0 Å². The highest BCUT2D eigenvalue weighted by Gasteiger charge is 2.09. The van der Waals surface area contributed by atoms with Gasteiger partial charge >= 0.3 is 0 Å². The molecule has 0 radical (unpaired) electrons. The normalized spacial score (nSPS) is 10.6. The summed E-state index contributed by atoms with van der Waals surface area (Å²) >= 11 is 5.93. The van der Waals surface area contributed by atoms with Crippen LogP contribution in [0.25, 0.3) is 11.1 Å². The highest BCUT2D eigenvalue weighted by atomic mass is 35.5. The average Bonchev–Trinajstić information content (AvgIpc) is 2.43. The van der Waals surface area contributed by atoms with Crippen molar-refractivity contribution in [2.75, 3.05) is 13.7 Å². The van der Waals surface area contributed by atoms with Gasteiger partial charge in [0.2, 0.25) is 0 Å². The number of rotatable bonds is 5. The number of halogens is 2. The van der Waals surface area contributed by atoms with Crippen molar-refractivity contribution >= 4 is 11.6 Å². The summed E-state index contributed by atoms with van der Waals surface area (Å²) in [5.41, 5.74) is 2.77. The van der Waals surface area contributed by atoms with Crippen LogP contribution in [0.15, 0.2) is 36.4 Å². The number of hydrogen-bond donors (Lipinski definition) is 1. The van der Waals surface area contributed by atoms with E-state index in [1.165, 1.54) is 12.1 Å². The second-order valence-electron chi connectivity index (χ2n) is 4.46. The first kappa shape index (κ1) is 14.8. The minimum absolute atomic E-state index is 0.335. The minimum atomic E-state index is -0.335. The first-order chi connectivity index (χ1) is 9.63. The highest BCUT2D eigenvalue weighted by Crippen LogP contribution is 2.30. The summed E-state index contributed by atoms with van der Waals surface area (Å²) in [5, 5.41) is 3.67.